The molecule has 0 aromatic heterocycles. The SMILES string of the molecule is CC1(C)OC(=O)C(=CNc2c(F)cc(C(=O)O)cc2Br)C(=O)O1. The molecule has 0 atom stereocenters. The van der Waals surface area contributed by atoms with Crippen LogP contribution in [0.4, 0.5) is 10.1 Å². The highest BCUT2D eigenvalue weighted by molar-refractivity contribution is 9.10. The van der Waals surface area contributed by atoms with Crippen molar-refractivity contribution >= 4 is 39.5 Å². The maximum absolute atomic E-state index is 13.9. The van der Waals surface area contributed by atoms with Gasteiger partial charge in [0.05, 0.1) is 11.3 Å². The number of carbonyl (C=O) groups excluding carboxylic acids is 2. The molecule has 122 valence electrons. The summed E-state index contributed by atoms with van der Waals surface area (Å²) < 4.78 is 23.8. The smallest absolute Gasteiger partial charge is 0.350 e. The van der Waals surface area contributed by atoms with Gasteiger partial charge in [0.15, 0.2) is 5.57 Å². The Morgan fingerprint density at radius 1 is 1.30 bits per heavy atom. The molecule has 1 fully saturated rings. The van der Waals surface area contributed by atoms with E-state index in [2.05, 4.69) is 21.2 Å². The van der Waals surface area contributed by atoms with E-state index in [0.29, 0.717) is 0 Å². The minimum absolute atomic E-state index is 0.102. The lowest BCUT2D eigenvalue weighted by Crippen LogP contribution is -2.42. The second kappa shape index (κ2) is 5.99. The van der Waals surface area contributed by atoms with Crippen LogP contribution >= 0.6 is 15.9 Å². The van der Waals surface area contributed by atoms with Gasteiger partial charge in [-0.3, -0.25) is 0 Å². The fourth-order valence-electron chi connectivity index (χ4n) is 1.76. The van der Waals surface area contributed by atoms with Gasteiger partial charge in [0, 0.05) is 24.5 Å². The Morgan fingerprint density at radius 2 is 1.87 bits per heavy atom. The number of aromatic carboxylic acids is 1. The van der Waals surface area contributed by atoms with Crippen molar-refractivity contribution in [3.63, 3.8) is 0 Å². The molecule has 0 unspecified atom stereocenters. The van der Waals surface area contributed by atoms with E-state index < -0.39 is 35.1 Å². The van der Waals surface area contributed by atoms with Crippen molar-refractivity contribution in [2.24, 2.45) is 0 Å². The van der Waals surface area contributed by atoms with E-state index in [0.717, 1.165) is 12.3 Å². The average Bonchev–Trinajstić information content (AvgIpc) is 2.38. The molecule has 0 saturated carbocycles. The summed E-state index contributed by atoms with van der Waals surface area (Å²) in [4.78, 5) is 34.3. The number of ether oxygens (including phenoxy) is 2. The zero-order valence-electron chi connectivity index (χ0n) is 12.0. The number of esters is 2. The van der Waals surface area contributed by atoms with Gasteiger partial charge in [-0.25, -0.2) is 18.8 Å². The molecular formula is C14H11BrFNO6. The molecule has 23 heavy (non-hydrogen) atoms. The van der Waals surface area contributed by atoms with Gasteiger partial charge < -0.3 is 19.9 Å². The van der Waals surface area contributed by atoms with Gasteiger partial charge in [0.1, 0.15) is 5.82 Å². The molecule has 1 aromatic carbocycles. The summed E-state index contributed by atoms with van der Waals surface area (Å²) in [5.41, 5.74) is -0.850. The van der Waals surface area contributed by atoms with Crippen molar-refractivity contribution in [2.45, 2.75) is 19.6 Å². The lowest BCUT2D eigenvalue weighted by Gasteiger charge is -2.29. The molecule has 1 saturated heterocycles. The molecular weight excluding hydrogens is 377 g/mol. The second-order valence-corrected chi connectivity index (χ2v) is 5.86. The zero-order valence-corrected chi connectivity index (χ0v) is 13.6. The van der Waals surface area contributed by atoms with E-state index >= 15 is 0 Å². The van der Waals surface area contributed by atoms with E-state index in [1.54, 1.807) is 0 Å². The van der Waals surface area contributed by atoms with Gasteiger partial charge in [-0.05, 0) is 28.1 Å². The summed E-state index contributed by atoms with van der Waals surface area (Å²) in [5.74, 6) is -5.39. The quantitative estimate of drug-likeness (QED) is 0.466. The van der Waals surface area contributed by atoms with Crippen molar-refractivity contribution in [1.82, 2.24) is 0 Å². The molecule has 0 radical (unpaired) electrons. The molecule has 1 aromatic rings. The molecule has 1 aliphatic heterocycles. The van der Waals surface area contributed by atoms with Gasteiger partial charge in [0.25, 0.3) is 5.79 Å². The highest BCUT2D eigenvalue weighted by atomic mass is 79.9. The van der Waals surface area contributed by atoms with Gasteiger partial charge in [-0.1, -0.05) is 0 Å². The molecule has 0 bridgehead atoms. The highest BCUT2D eigenvalue weighted by Crippen LogP contribution is 2.28. The van der Waals surface area contributed by atoms with Gasteiger partial charge >= 0.3 is 17.9 Å². The predicted octanol–water partition coefficient (Wildman–Crippen LogP) is 2.42. The number of carboxylic acids is 1. The molecule has 1 aliphatic rings. The van der Waals surface area contributed by atoms with Crippen LogP contribution in [0.1, 0.15) is 24.2 Å². The first-order chi connectivity index (χ1) is 10.6. The molecule has 0 aliphatic carbocycles. The first-order valence-corrected chi connectivity index (χ1v) is 7.06. The zero-order chi connectivity index (χ0) is 17.4. The number of benzene rings is 1. The summed E-state index contributed by atoms with van der Waals surface area (Å²) in [7, 11) is 0. The van der Waals surface area contributed by atoms with Crippen molar-refractivity contribution in [3.8, 4) is 0 Å². The third-order valence-corrected chi connectivity index (χ3v) is 3.39. The Bertz CT molecular complexity index is 698. The van der Waals surface area contributed by atoms with Gasteiger partial charge in [-0.15, -0.1) is 0 Å². The summed E-state index contributed by atoms with van der Waals surface area (Å²) >= 11 is 3.01. The number of carbonyl (C=O) groups is 3. The lowest BCUT2D eigenvalue weighted by atomic mass is 10.2. The van der Waals surface area contributed by atoms with Crippen LogP contribution in [-0.4, -0.2) is 28.8 Å². The number of cyclic esters (lactones) is 2. The van der Waals surface area contributed by atoms with Crippen LogP contribution in [0.15, 0.2) is 28.4 Å². The normalized spacial score (nSPS) is 16.4. The van der Waals surface area contributed by atoms with E-state index in [1.807, 2.05) is 0 Å². The number of anilines is 1. The van der Waals surface area contributed by atoms with Gasteiger partial charge in [0.2, 0.25) is 0 Å². The Balaban J connectivity index is 2.28. The van der Waals surface area contributed by atoms with Crippen molar-refractivity contribution in [3.05, 3.63) is 39.8 Å². The van der Waals surface area contributed by atoms with Crippen LogP contribution in [-0.2, 0) is 19.1 Å². The highest BCUT2D eigenvalue weighted by Gasteiger charge is 2.39. The monoisotopic (exact) mass is 387 g/mol. The van der Waals surface area contributed by atoms with Crippen LogP contribution in [0.25, 0.3) is 0 Å². The van der Waals surface area contributed by atoms with Crippen LogP contribution in [0.3, 0.4) is 0 Å². The summed E-state index contributed by atoms with van der Waals surface area (Å²) in [5, 5.41) is 11.3. The standard InChI is InChI=1S/C14H11BrFNO6/c1-14(2)22-12(20)7(13(21)23-14)5-17-10-8(15)3-6(11(18)19)4-9(10)16/h3-5,17H,1-2H3,(H,18,19). The second-order valence-electron chi connectivity index (χ2n) is 5.00. The number of rotatable bonds is 3. The fraction of sp³-hybridized carbons (Fsp3) is 0.214. The topological polar surface area (TPSA) is 102 Å². The van der Waals surface area contributed by atoms with Gasteiger partial charge in [-0.2, -0.15) is 0 Å². The molecule has 9 heteroatoms. The molecule has 7 nitrogen and oxygen atoms in total. The molecule has 0 spiro atoms. The van der Waals surface area contributed by atoms with E-state index in [4.69, 9.17) is 14.6 Å². The third-order valence-electron chi connectivity index (χ3n) is 2.77. The van der Waals surface area contributed by atoms with Crippen LogP contribution in [0.5, 0.6) is 0 Å². The maximum Gasteiger partial charge on any atom is 0.350 e. The van der Waals surface area contributed by atoms with E-state index in [-0.39, 0.29) is 15.7 Å². The van der Waals surface area contributed by atoms with Crippen molar-refractivity contribution in [2.75, 3.05) is 5.32 Å². The Kier molecular flexibility index (Phi) is 4.42. The first-order valence-electron chi connectivity index (χ1n) is 6.26. The summed E-state index contributed by atoms with van der Waals surface area (Å²) in [6, 6.07) is 1.97. The molecule has 0 amide bonds. The van der Waals surface area contributed by atoms with Crippen LogP contribution in [0.2, 0.25) is 0 Å². The van der Waals surface area contributed by atoms with Crippen LogP contribution in [0, 0.1) is 5.82 Å². The van der Waals surface area contributed by atoms with Crippen molar-refractivity contribution < 1.29 is 33.4 Å². The number of nitrogens with one attached hydrogen (secondary N) is 1. The number of hydrogen-bond donors (Lipinski definition) is 2. The lowest BCUT2D eigenvalue weighted by molar-refractivity contribution is -0.222. The Hall–Kier alpha value is -2.42. The first kappa shape index (κ1) is 16.9. The molecule has 1 heterocycles. The van der Waals surface area contributed by atoms with E-state index in [9.17, 15) is 18.8 Å². The number of hydrogen-bond acceptors (Lipinski definition) is 6. The summed E-state index contributed by atoms with van der Waals surface area (Å²) in [6.45, 7) is 2.79. The molecule has 2 N–H and O–H groups in total. The fourth-order valence-corrected chi connectivity index (χ4v) is 2.31. The van der Waals surface area contributed by atoms with Crippen LogP contribution < -0.4 is 5.32 Å². The summed E-state index contributed by atoms with van der Waals surface area (Å²) in [6.07, 6.45) is 0.934. The van der Waals surface area contributed by atoms with E-state index in [1.165, 1.54) is 19.9 Å². The third kappa shape index (κ3) is 3.67. The Morgan fingerprint density at radius 3 is 2.35 bits per heavy atom. The largest absolute Gasteiger partial charge is 0.478 e. The maximum atomic E-state index is 13.9. The minimum atomic E-state index is -1.37. The Labute approximate surface area is 138 Å². The number of carboxylic acid groups (broad SMARTS) is 1. The molecule has 2 rings (SSSR count). The average molecular weight is 388 g/mol. The number of halogens is 2. The predicted molar refractivity (Wildman–Crippen MR) is 79.0 cm³/mol. The minimum Gasteiger partial charge on any atom is -0.478 e. The van der Waals surface area contributed by atoms with Crippen molar-refractivity contribution in [1.29, 1.82) is 0 Å².